The van der Waals surface area contributed by atoms with E-state index in [-0.39, 0.29) is 0 Å². The Morgan fingerprint density at radius 1 is 0.305 bits per heavy atom. The van der Waals surface area contributed by atoms with Crippen LogP contribution >= 0.6 is 0 Å². The lowest BCUT2D eigenvalue weighted by atomic mass is 9.95. The molecule has 0 bridgehead atoms. The van der Waals surface area contributed by atoms with Crippen molar-refractivity contribution in [1.82, 2.24) is 0 Å². The van der Waals surface area contributed by atoms with Crippen molar-refractivity contribution in [2.75, 3.05) is 4.90 Å². The largest absolute Gasteiger partial charge is 0.456 e. The summed E-state index contributed by atoms with van der Waals surface area (Å²) in [5, 5.41) is 9.10. The Bertz CT molecular complexity index is 3560. The molecule has 3 heteroatoms. The lowest BCUT2D eigenvalue weighted by Gasteiger charge is -2.29. The first-order chi connectivity index (χ1) is 29.2. The highest BCUT2D eigenvalue weighted by Gasteiger charge is 2.24. The minimum Gasteiger partial charge on any atom is -0.456 e. The van der Waals surface area contributed by atoms with Gasteiger partial charge in [-0.05, 0) is 98.6 Å². The van der Waals surface area contributed by atoms with E-state index in [2.05, 4.69) is 205 Å². The first-order valence-corrected chi connectivity index (χ1v) is 20.1. The van der Waals surface area contributed by atoms with E-state index >= 15 is 0 Å². The fourth-order valence-corrected chi connectivity index (χ4v) is 9.06. The first kappa shape index (κ1) is 33.3. The van der Waals surface area contributed by atoms with Gasteiger partial charge in [-0.2, -0.15) is 0 Å². The number of furan rings is 2. The molecular formula is C56H35NO2. The third-order valence-corrected chi connectivity index (χ3v) is 11.9. The molecular weight excluding hydrogens is 719 g/mol. The van der Waals surface area contributed by atoms with E-state index in [1.807, 2.05) is 12.1 Å². The number of benzene rings is 10. The molecule has 10 aromatic carbocycles. The van der Waals surface area contributed by atoms with Crippen LogP contribution in [0, 0.1) is 0 Å². The van der Waals surface area contributed by atoms with E-state index < -0.39 is 0 Å². The Labute approximate surface area is 340 Å². The predicted octanol–water partition coefficient (Wildman–Crippen LogP) is 16.3. The van der Waals surface area contributed by atoms with Crippen LogP contribution in [0.1, 0.15) is 0 Å². The second-order valence-corrected chi connectivity index (χ2v) is 15.2. The summed E-state index contributed by atoms with van der Waals surface area (Å²) in [4.78, 5) is 2.43. The second-order valence-electron chi connectivity index (χ2n) is 15.2. The van der Waals surface area contributed by atoms with Gasteiger partial charge >= 0.3 is 0 Å². The molecule has 2 aromatic heterocycles. The van der Waals surface area contributed by atoms with Crippen molar-refractivity contribution in [3.05, 3.63) is 212 Å². The maximum atomic E-state index is 6.79. The molecule has 276 valence electrons. The van der Waals surface area contributed by atoms with Crippen LogP contribution in [-0.4, -0.2) is 0 Å². The van der Waals surface area contributed by atoms with E-state index in [0.717, 1.165) is 99.5 Å². The molecule has 3 nitrogen and oxygen atoms in total. The summed E-state index contributed by atoms with van der Waals surface area (Å²) in [5.41, 5.74) is 13.5. The molecule has 0 radical (unpaired) electrons. The number of nitrogens with zero attached hydrogens (tertiary/aromatic N) is 1. The van der Waals surface area contributed by atoms with Crippen molar-refractivity contribution < 1.29 is 8.83 Å². The summed E-state index contributed by atoms with van der Waals surface area (Å²) in [6.07, 6.45) is 0. The van der Waals surface area contributed by atoms with Crippen LogP contribution < -0.4 is 4.90 Å². The minimum absolute atomic E-state index is 0.848. The van der Waals surface area contributed by atoms with Gasteiger partial charge in [0.1, 0.15) is 22.3 Å². The lowest BCUT2D eigenvalue weighted by Crippen LogP contribution is -2.12. The summed E-state index contributed by atoms with van der Waals surface area (Å²) in [5.74, 6) is 0. The molecule has 12 rings (SSSR count). The van der Waals surface area contributed by atoms with Crippen LogP contribution in [0.2, 0.25) is 0 Å². The van der Waals surface area contributed by atoms with E-state index in [1.54, 1.807) is 0 Å². The van der Waals surface area contributed by atoms with Crippen molar-refractivity contribution in [2.45, 2.75) is 0 Å². The molecule has 0 unspecified atom stereocenters. The topological polar surface area (TPSA) is 29.5 Å². The Morgan fingerprint density at radius 2 is 0.932 bits per heavy atom. The van der Waals surface area contributed by atoms with Gasteiger partial charge in [-0.1, -0.05) is 158 Å². The Balaban J connectivity index is 1.12. The first-order valence-electron chi connectivity index (χ1n) is 20.1. The van der Waals surface area contributed by atoms with Crippen molar-refractivity contribution in [3.8, 4) is 33.4 Å². The van der Waals surface area contributed by atoms with E-state index in [4.69, 9.17) is 8.83 Å². The number of hydrogen-bond acceptors (Lipinski definition) is 3. The molecule has 0 N–H and O–H groups in total. The molecule has 0 spiro atoms. The molecule has 0 aliphatic carbocycles. The van der Waals surface area contributed by atoms with Gasteiger partial charge in [0.2, 0.25) is 0 Å². The molecule has 2 heterocycles. The molecule has 0 amide bonds. The zero-order chi connectivity index (χ0) is 38.9. The van der Waals surface area contributed by atoms with Crippen LogP contribution in [0.25, 0.3) is 98.8 Å². The maximum Gasteiger partial charge on any atom is 0.143 e. The molecule has 59 heavy (non-hydrogen) atoms. The summed E-state index contributed by atoms with van der Waals surface area (Å²) in [7, 11) is 0. The third kappa shape index (κ3) is 5.44. The lowest BCUT2D eigenvalue weighted by molar-refractivity contribution is 0.669. The average Bonchev–Trinajstić information content (AvgIpc) is 3.89. The SMILES string of the molecule is c1ccc(-c2ccc(-c3ccc4ccccc4c3)cc2N(c2ccc(-c3cccc4oc5ccccc5c34)cc2)c2cccc3oc4c5ccccc5ccc4c23)cc1. The van der Waals surface area contributed by atoms with E-state index in [1.165, 1.54) is 16.3 Å². The fraction of sp³-hybridized carbons (Fsp3) is 0. The highest BCUT2D eigenvalue weighted by Crippen LogP contribution is 2.48. The summed E-state index contributed by atoms with van der Waals surface area (Å²) < 4.78 is 13.1. The monoisotopic (exact) mass is 753 g/mol. The quantitative estimate of drug-likeness (QED) is 0.169. The molecule has 0 saturated heterocycles. The molecule has 0 atom stereocenters. The zero-order valence-corrected chi connectivity index (χ0v) is 32.0. The van der Waals surface area contributed by atoms with Crippen LogP contribution in [-0.2, 0) is 0 Å². The van der Waals surface area contributed by atoms with Crippen LogP contribution in [0.4, 0.5) is 17.1 Å². The van der Waals surface area contributed by atoms with Gasteiger partial charge in [0.15, 0.2) is 0 Å². The number of rotatable bonds is 6. The Kier molecular flexibility index (Phi) is 7.54. The van der Waals surface area contributed by atoms with Crippen molar-refractivity contribution in [3.63, 3.8) is 0 Å². The number of fused-ring (bicyclic) bond motifs is 9. The summed E-state index contributed by atoms with van der Waals surface area (Å²) in [6.45, 7) is 0. The third-order valence-electron chi connectivity index (χ3n) is 11.9. The standard InChI is InChI=1S/C56H35NO2/c1-2-13-37(14-3-1)44-32-29-42(41-25-24-36-12-4-5-16-40(36)34-41)35-50(44)57(49-20-11-23-53-55(49)48-33-28-38-15-6-7-17-46(38)56(48)59-53)43-30-26-39(27-31-43)45-19-10-22-52-54(45)47-18-8-9-21-51(47)58-52/h1-35H. The molecule has 12 aromatic rings. The minimum atomic E-state index is 0.848. The number of anilines is 3. The van der Waals surface area contributed by atoms with Crippen molar-refractivity contribution >= 4 is 82.5 Å². The van der Waals surface area contributed by atoms with Gasteiger partial charge in [-0.3, -0.25) is 0 Å². The van der Waals surface area contributed by atoms with Gasteiger partial charge in [0, 0.05) is 32.8 Å². The number of para-hydroxylation sites is 1. The van der Waals surface area contributed by atoms with Crippen molar-refractivity contribution in [2.24, 2.45) is 0 Å². The van der Waals surface area contributed by atoms with Crippen molar-refractivity contribution in [1.29, 1.82) is 0 Å². The molecule has 0 aliphatic rings. The van der Waals surface area contributed by atoms with Gasteiger partial charge in [0.05, 0.1) is 16.8 Å². The highest BCUT2D eigenvalue weighted by atomic mass is 16.3. The Morgan fingerprint density at radius 3 is 1.80 bits per heavy atom. The summed E-state index contributed by atoms with van der Waals surface area (Å²) in [6, 6.07) is 75.9. The average molecular weight is 754 g/mol. The Hall–Kier alpha value is -7.88. The van der Waals surface area contributed by atoms with Crippen LogP contribution in [0.3, 0.4) is 0 Å². The van der Waals surface area contributed by atoms with Crippen LogP contribution in [0.5, 0.6) is 0 Å². The van der Waals surface area contributed by atoms with E-state index in [0.29, 0.717) is 0 Å². The van der Waals surface area contributed by atoms with Gasteiger partial charge in [-0.15, -0.1) is 0 Å². The van der Waals surface area contributed by atoms with Gasteiger partial charge < -0.3 is 13.7 Å². The summed E-state index contributed by atoms with van der Waals surface area (Å²) >= 11 is 0. The molecule has 0 fully saturated rings. The predicted molar refractivity (Wildman–Crippen MR) is 247 cm³/mol. The highest BCUT2D eigenvalue weighted by molar-refractivity contribution is 6.20. The molecule has 0 saturated carbocycles. The van der Waals surface area contributed by atoms with Crippen LogP contribution in [0.15, 0.2) is 221 Å². The number of hydrogen-bond donors (Lipinski definition) is 0. The maximum absolute atomic E-state index is 6.79. The van der Waals surface area contributed by atoms with Gasteiger partial charge in [0.25, 0.3) is 0 Å². The van der Waals surface area contributed by atoms with Gasteiger partial charge in [-0.25, -0.2) is 0 Å². The van der Waals surface area contributed by atoms with E-state index in [9.17, 15) is 0 Å². The molecule has 0 aliphatic heterocycles. The zero-order valence-electron chi connectivity index (χ0n) is 32.0. The second kappa shape index (κ2) is 13.4. The normalized spacial score (nSPS) is 11.7. The smallest absolute Gasteiger partial charge is 0.143 e. The fourth-order valence-electron chi connectivity index (χ4n) is 9.06.